The maximum atomic E-state index is 2.32. The molecule has 3 rings (SSSR count). The molecule has 0 saturated carbocycles. The van der Waals surface area contributed by atoms with Crippen molar-refractivity contribution in [1.82, 2.24) is 0 Å². The summed E-state index contributed by atoms with van der Waals surface area (Å²) in [7, 11) is 4.22. The van der Waals surface area contributed by atoms with Crippen molar-refractivity contribution in [3.8, 4) is 11.1 Å². The van der Waals surface area contributed by atoms with Gasteiger partial charge < -0.3 is 4.90 Å². The largest absolute Gasteiger partial charge is 0.377 e. The monoisotopic (exact) mass is 249 g/mol. The van der Waals surface area contributed by atoms with Crippen molar-refractivity contribution in [2.24, 2.45) is 0 Å². The lowest BCUT2D eigenvalue weighted by Gasteiger charge is -2.17. The number of benzene rings is 2. The normalized spacial score (nSPS) is 11.6. The van der Waals surface area contributed by atoms with Gasteiger partial charge in [0.1, 0.15) is 0 Å². The van der Waals surface area contributed by atoms with Crippen molar-refractivity contribution in [1.29, 1.82) is 0 Å². The minimum Gasteiger partial charge on any atom is -0.377 e. The van der Waals surface area contributed by atoms with E-state index in [-0.39, 0.29) is 0 Å². The third-order valence-electron chi connectivity index (χ3n) is 3.77. The lowest BCUT2D eigenvalue weighted by molar-refractivity contribution is 1.13. The van der Waals surface area contributed by atoms with E-state index in [9.17, 15) is 0 Å². The second-order valence-electron chi connectivity index (χ2n) is 5.55. The Bertz CT molecular complexity index is 763. The maximum absolute atomic E-state index is 2.32. The van der Waals surface area contributed by atoms with Crippen LogP contribution in [0.4, 0.5) is 5.69 Å². The molecule has 0 bridgehead atoms. The van der Waals surface area contributed by atoms with E-state index in [1.54, 1.807) is 0 Å². The molecule has 0 atom stereocenters. The van der Waals surface area contributed by atoms with Crippen LogP contribution in [0.3, 0.4) is 0 Å². The van der Waals surface area contributed by atoms with Gasteiger partial charge in [-0.05, 0) is 47.6 Å². The van der Waals surface area contributed by atoms with Crippen LogP contribution >= 0.6 is 0 Å². The SMILES string of the molecule is CC(C)=c1ccc(N(C)C)c2c1=Cc1ccccc1-2. The Morgan fingerprint density at radius 3 is 2.37 bits per heavy atom. The molecule has 0 spiro atoms. The highest BCUT2D eigenvalue weighted by Gasteiger charge is 2.17. The number of hydrogen-bond acceptors (Lipinski definition) is 1. The molecule has 0 aliphatic heterocycles. The zero-order chi connectivity index (χ0) is 13.6. The zero-order valence-corrected chi connectivity index (χ0v) is 12.0. The molecule has 0 unspecified atom stereocenters. The second kappa shape index (κ2) is 4.27. The molecule has 0 aromatic heterocycles. The molecule has 96 valence electrons. The number of nitrogens with zero attached hydrogens (tertiary/aromatic N) is 1. The lowest BCUT2D eigenvalue weighted by atomic mass is 10.0. The zero-order valence-electron chi connectivity index (χ0n) is 12.0. The van der Waals surface area contributed by atoms with Crippen molar-refractivity contribution in [2.75, 3.05) is 19.0 Å². The highest BCUT2D eigenvalue weighted by atomic mass is 15.1. The molecule has 0 fully saturated rings. The summed E-state index contributed by atoms with van der Waals surface area (Å²) < 4.78 is 0. The van der Waals surface area contributed by atoms with E-state index in [2.05, 4.69) is 75.3 Å². The van der Waals surface area contributed by atoms with Crippen LogP contribution in [0, 0.1) is 0 Å². The molecular formula is C18H19N. The fourth-order valence-corrected chi connectivity index (χ4v) is 2.86. The molecule has 0 heterocycles. The van der Waals surface area contributed by atoms with Crippen LogP contribution in [-0.4, -0.2) is 14.1 Å². The average Bonchev–Trinajstić information content (AvgIpc) is 2.76. The summed E-state index contributed by atoms with van der Waals surface area (Å²) in [5, 5.41) is 2.73. The first-order valence-electron chi connectivity index (χ1n) is 6.68. The number of rotatable bonds is 1. The molecule has 1 aliphatic rings. The topological polar surface area (TPSA) is 3.24 Å². The van der Waals surface area contributed by atoms with Gasteiger partial charge in [0.25, 0.3) is 0 Å². The molecule has 2 aromatic carbocycles. The molecule has 1 heteroatoms. The van der Waals surface area contributed by atoms with Gasteiger partial charge in [0.15, 0.2) is 0 Å². The molecule has 0 N–H and O–H groups in total. The number of hydrogen-bond donors (Lipinski definition) is 0. The van der Waals surface area contributed by atoms with Gasteiger partial charge in [-0.15, -0.1) is 0 Å². The van der Waals surface area contributed by atoms with Crippen molar-refractivity contribution >= 4 is 17.3 Å². The summed E-state index contributed by atoms with van der Waals surface area (Å²) in [6.07, 6.45) is 2.32. The van der Waals surface area contributed by atoms with E-state index in [1.807, 2.05) is 0 Å². The van der Waals surface area contributed by atoms with Gasteiger partial charge in [0.05, 0.1) is 0 Å². The van der Waals surface area contributed by atoms with Crippen LogP contribution < -0.4 is 15.3 Å². The van der Waals surface area contributed by atoms with Crippen LogP contribution in [0.15, 0.2) is 36.4 Å². The van der Waals surface area contributed by atoms with Crippen molar-refractivity contribution in [3.05, 3.63) is 52.4 Å². The fourth-order valence-electron chi connectivity index (χ4n) is 2.86. The van der Waals surface area contributed by atoms with E-state index in [1.165, 1.54) is 38.4 Å². The third-order valence-corrected chi connectivity index (χ3v) is 3.77. The van der Waals surface area contributed by atoms with E-state index in [0.29, 0.717) is 0 Å². The fraction of sp³-hybridized carbons (Fsp3) is 0.222. The third kappa shape index (κ3) is 1.77. The molecule has 1 aliphatic carbocycles. The summed E-state index contributed by atoms with van der Waals surface area (Å²) >= 11 is 0. The van der Waals surface area contributed by atoms with Gasteiger partial charge in [-0.3, -0.25) is 0 Å². The summed E-state index contributed by atoms with van der Waals surface area (Å²) in [6.45, 7) is 4.36. The highest BCUT2D eigenvalue weighted by Crippen LogP contribution is 2.32. The molecule has 0 saturated heterocycles. The van der Waals surface area contributed by atoms with Crippen LogP contribution in [0.5, 0.6) is 0 Å². The van der Waals surface area contributed by atoms with Crippen LogP contribution in [0.25, 0.3) is 22.8 Å². The maximum Gasteiger partial charge on any atom is 0.0447 e. The van der Waals surface area contributed by atoms with Crippen molar-refractivity contribution < 1.29 is 0 Å². The molecule has 0 amide bonds. The molecule has 1 nitrogen and oxygen atoms in total. The van der Waals surface area contributed by atoms with Crippen molar-refractivity contribution in [2.45, 2.75) is 13.8 Å². The predicted molar refractivity (Wildman–Crippen MR) is 83.8 cm³/mol. The summed E-state index contributed by atoms with van der Waals surface area (Å²) in [6, 6.07) is 13.1. The van der Waals surface area contributed by atoms with Crippen molar-refractivity contribution in [3.63, 3.8) is 0 Å². The first-order valence-corrected chi connectivity index (χ1v) is 6.68. The Hall–Kier alpha value is -2.02. The first-order chi connectivity index (χ1) is 9.09. The minimum atomic E-state index is 1.29. The van der Waals surface area contributed by atoms with Gasteiger partial charge in [-0.25, -0.2) is 0 Å². The Balaban J connectivity index is 2.49. The molecular weight excluding hydrogens is 230 g/mol. The van der Waals surface area contributed by atoms with E-state index in [0.717, 1.165) is 0 Å². The predicted octanol–water partition coefficient (Wildman–Crippen LogP) is 2.75. The minimum absolute atomic E-state index is 1.29. The molecule has 19 heavy (non-hydrogen) atoms. The quantitative estimate of drug-likeness (QED) is 0.641. The van der Waals surface area contributed by atoms with E-state index >= 15 is 0 Å². The number of anilines is 1. The lowest BCUT2D eigenvalue weighted by Crippen LogP contribution is -2.28. The molecule has 0 radical (unpaired) electrons. The smallest absolute Gasteiger partial charge is 0.0447 e. The van der Waals surface area contributed by atoms with Gasteiger partial charge in [-0.1, -0.05) is 35.9 Å². The Kier molecular flexibility index (Phi) is 2.70. The van der Waals surface area contributed by atoms with Gasteiger partial charge >= 0.3 is 0 Å². The number of fused-ring (bicyclic) bond motifs is 3. The molecule has 2 aromatic rings. The average molecular weight is 249 g/mol. The van der Waals surface area contributed by atoms with Gasteiger partial charge in [0, 0.05) is 25.3 Å². The van der Waals surface area contributed by atoms with E-state index in [4.69, 9.17) is 0 Å². The van der Waals surface area contributed by atoms with Gasteiger partial charge in [0.2, 0.25) is 0 Å². The van der Waals surface area contributed by atoms with Gasteiger partial charge in [-0.2, -0.15) is 0 Å². The van der Waals surface area contributed by atoms with Crippen LogP contribution in [-0.2, 0) is 0 Å². The van der Waals surface area contributed by atoms with E-state index < -0.39 is 0 Å². The second-order valence-corrected chi connectivity index (χ2v) is 5.55. The van der Waals surface area contributed by atoms with Crippen LogP contribution in [0.1, 0.15) is 19.4 Å². The van der Waals surface area contributed by atoms with Crippen LogP contribution in [0.2, 0.25) is 0 Å². The first kappa shape index (κ1) is 12.0. The summed E-state index contributed by atoms with van der Waals surface area (Å²) in [5.41, 5.74) is 6.71. The standard InChI is InChI=1S/C18H19N/c1-12(2)14-9-10-17(19(3)4)18-15-8-6-5-7-13(15)11-16(14)18/h5-11H,1-4H3. The summed E-state index contributed by atoms with van der Waals surface area (Å²) in [5.74, 6) is 0. The Labute approximate surface area is 114 Å². The Morgan fingerprint density at radius 2 is 1.68 bits per heavy atom. The highest BCUT2D eigenvalue weighted by molar-refractivity contribution is 5.90. The Morgan fingerprint density at radius 1 is 0.947 bits per heavy atom. The summed E-state index contributed by atoms with van der Waals surface area (Å²) in [4.78, 5) is 2.20.